The van der Waals surface area contributed by atoms with Crippen LogP contribution in [0.25, 0.3) is 11.1 Å². The minimum Gasteiger partial charge on any atom is -0.143 e. The Labute approximate surface area is 116 Å². The first-order chi connectivity index (χ1) is 7.59. The fourth-order valence-electron chi connectivity index (χ4n) is 1.48. The summed E-state index contributed by atoms with van der Waals surface area (Å²) in [5.41, 5.74) is 1.93. The van der Waals surface area contributed by atoms with Gasteiger partial charge in [-0.05, 0) is 23.8 Å². The van der Waals surface area contributed by atoms with Crippen LogP contribution in [-0.4, -0.2) is 0 Å². The molecular formula is C12H9ClS3. The highest BCUT2D eigenvalue weighted by Crippen LogP contribution is 2.36. The van der Waals surface area contributed by atoms with Gasteiger partial charge in [0.25, 0.3) is 0 Å². The fourth-order valence-corrected chi connectivity index (χ4v) is 2.55. The van der Waals surface area contributed by atoms with Gasteiger partial charge in [0, 0.05) is 20.2 Å². The molecule has 0 aliphatic rings. The molecule has 0 nitrogen and oxygen atoms in total. The van der Waals surface area contributed by atoms with E-state index in [1.165, 1.54) is 0 Å². The van der Waals surface area contributed by atoms with Crippen molar-refractivity contribution in [1.82, 2.24) is 0 Å². The summed E-state index contributed by atoms with van der Waals surface area (Å²) < 4.78 is 0. The fraction of sp³-hybridized carbons (Fsp3) is 0. The Morgan fingerprint density at radius 1 is 0.812 bits per heavy atom. The molecule has 0 bridgehead atoms. The Kier molecular flexibility index (Phi) is 3.80. The lowest BCUT2D eigenvalue weighted by atomic mass is 10.1. The quantitative estimate of drug-likeness (QED) is 0.611. The molecule has 0 saturated carbocycles. The van der Waals surface area contributed by atoms with Gasteiger partial charge < -0.3 is 0 Å². The summed E-state index contributed by atoms with van der Waals surface area (Å²) in [6.07, 6.45) is 0. The van der Waals surface area contributed by atoms with E-state index in [4.69, 9.17) is 11.6 Å². The molecule has 0 fully saturated rings. The number of benzene rings is 2. The topological polar surface area (TPSA) is 0 Å². The maximum Gasteiger partial charge on any atom is 0.0618 e. The lowest BCUT2D eigenvalue weighted by molar-refractivity contribution is 1.33. The summed E-state index contributed by atoms with van der Waals surface area (Å²) in [6.45, 7) is 0. The summed E-state index contributed by atoms with van der Waals surface area (Å²) in [5, 5.41) is 0.646. The molecule has 2 aromatic carbocycles. The smallest absolute Gasteiger partial charge is 0.0618 e. The first-order valence-corrected chi connectivity index (χ1v) is 6.31. The normalized spacial score (nSPS) is 10.5. The number of hydrogen-bond donors (Lipinski definition) is 3. The predicted octanol–water partition coefficient (Wildman–Crippen LogP) is 4.87. The third kappa shape index (κ3) is 2.38. The largest absolute Gasteiger partial charge is 0.143 e. The molecule has 0 spiro atoms. The van der Waals surface area contributed by atoms with Crippen molar-refractivity contribution < 1.29 is 0 Å². The van der Waals surface area contributed by atoms with E-state index in [9.17, 15) is 0 Å². The highest BCUT2D eigenvalue weighted by atomic mass is 35.5. The van der Waals surface area contributed by atoms with Crippen LogP contribution in [0.15, 0.2) is 51.1 Å². The van der Waals surface area contributed by atoms with Gasteiger partial charge in [-0.2, -0.15) is 0 Å². The maximum absolute atomic E-state index is 6.21. The van der Waals surface area contributed by atoms with Crippen molar-refractivity contribution in [3.05, 3.63) is 41.4 Å². The molecule has 2 aromatic rings. The van der Waals surface area contributed by atoms with Crippen LogP contribution in [0.3, 0.4) is 0 Å². The molecule has 82 valence electrons. The highest BCUT2D eigenvalue weighted by Gasteiger charge is 2.08. The second-order valence-electron chi connectivity index (χ2n) is 3.34. The molecule has 0 aliphatic heterocycles. The minimum absolute atomic E-state index is 0.646. The monoisotopic (exact) mass is 284 g/mol. The molecule has 0 amide bonds. The molecule has 0 unspecified atom stereocenters. The van der Waals surface area contributed by atoms with Gasteiger partial charge in [0.1, 0.15) is 0 Å². The molecule has 0 N–H and O–H groups in total. The molecule has 0 radical (unpaired) electrons. The van der Waals surface area contributed by atoms with Crippen molar-refractivity contribution in [2.75, 3.05) is 0 Å². The van der Waals surface area contributed by atoms with Crippen LogP contribution in [0.1, 0.15) is 0 Å². The third-order valence-electron chi connectivity index (χ3n) is 2.25. The van der Waals surface area contributed by atoms with Crippen molar-refractivity contribution in [2.24, 2.45) is 0 Å². The van der Waals surface area contributed by atoms with Crippen molar-refractivity contribution in [3.8, 4) is 11.1 Å². The number of hydrogen-bond acceptors (Lipinski definition) is 3. The van der Waals surface area contributed by atoms with Gasteiger partial charge in [0.15, 0.2) is 0 Å². The van der Waals surface area contributed by atoms with Crippen LogP contribution in [0.4, 0.5) is 0 Å². The summed E-state index contributed by atoms with van der Waals surface area (Å²) in [5.74, 6) is 0. The number of thiol groups is 3. The average Bonchev–Trinajstić information content (AvgIpc) is 2.23. The molecule has 16 heavy (non-hydrogen) atoms. The SMILES string of the molecule is Sc1ccc(-c2cccc(S)c2Cl)c(S)c1. The van der Waals surface area contributed by atoms with Gasteiger partial charge in [0.05, 0.1) is 5.02 Å². The lowest BCUT2D eigenvalue weighted by Crippen LogP contribution is -1.83. The van der Waals surface area contributed by atoms with Crippen LogP contribution in [0.5, 0.6) is 0 Å². The van der Waals surface area contributed by atoms with Crippen molar-refractivity contribution >= 4 is 49.5 Å². The van der Waals surface area contributed by atoms with Crippen LogP contribution >= 0.6 is 49.5 Å². The van der Waals surface area contributed by atoms with E-state index in [0.29, 0.717) is 5.02 Å². The van der Waals surface area contributed by atoms with Gasteiger partial charge >= 0.3 is 0 Å². The second-order valence-corrected chi connectivity index (χ2v) is 5.20. The Bertz CT molecular complexity index is 538. The van der Waals surface area contributed by atoms with Crippen molar-refractivity contribution in [3.63, 3.8) is 0 Å². The Morgan fingerprint density at radius 2 is 1.56 bits per heavy atom. The molecular weight excluding hydrogens is 276 g/mol. The van der Waals surface area contributed by atoms with Crippen LogP contribution in [0, 0.1) is 0 Å². The minimum atomic E-state index is 0.646. The Morgan fingerprint density at radius 3 is 2.25 bits per heavy atom. The van der Waals surface area contributed by atoms with Crippen LogP contribution in [0.2, 0.25) is 5.02 Å². The number of halogens is 1. The molecule has 0 atom stereocenters. The molecule has 0 aromatic heterocycles. The summed E-state index contributed by atoms with van der Waals surface area (Å²) in [7, 11) is 0. The van der Waals surface area contributed by atoms with Crippen LogP contribution < -0.4 is 0 Å². The zero-order chi connectivity index (χ0) is 11.7. The first kappa shape index (κ1) is 12.2. The lowest BCUT2D eigenvalue weighted by Gasteiger charge is -2.09. The molecule has 2 rings (SSSR count). The van der Waals surface area contributed by atoms with Crippen molar-refractivity contribution in [1.29, 1.82) is 0 Å². The van der Waals surface area contributed by atoms with E-state index >= 15 is 0 Å². The first-order valence-electron chi connectivity index (χ1n) is 4.59. The third-order valence-corrected chi connectivity index (χ3v) is 3.81. The molecule has 0 heterocycles. The Hall–Kier alpha value is -0.220. The van der Waals surface area contributed by atoms with Gasteiger partial charge in [-0.3, -0.25) is 0 Å². The zero-order valence-corrected chi connectivity index (χ0v) is 11.6. The van der Waals surface area contributed by atoms with E-state index in [0.717, 1.165) is 25.8 Å². The van der Waals surface area contributed by atoms with Gasteiger partial charge in [-0.15, -0.1) is 37.9 Å². The van der Waals surface area contributed by atoms with Crippen molar-refractivity contribution in [2.45, 2.75) is 14.7 Å². The highest BCUT2D eigenvalue weighted by molar-refractivity contribution is 7.81. The van der Waals surface area contributed by atoms with Gasteiger partial charge in [-0.1, -0.05) is 29.8 Å². The standard InChI is InChI=1S/C12H9ClS3/c13-12-9(2-1-3-10(12)15)8-5-4-7(14)6-11(8)16/h1-6,14-16H. The molecule has 0 aliphatic carbocycles. The Balaban J connectivity index is 2.63. The van der Waals surface area contributed by atoms with E-state index < -0.39 is 0 Å². The van der Waals surface area contributed by atoms with Crippen LogP contribution in [-0.2, 0) is 0 Å². The number of rotatable bonds is 1. The van der Waals surface area contributed by atoms with Gasteiger partial charge in [0.2, 0.25) is 0 Å². The van der Waals surface area contributed by atoms with E-state index in [1.54, 1.807) is 0 Å². The summed E-state index contributed by atoms with van der Waals surface area (Å²) >= 11 is 19.2. The van der Waals surface area contributed by atoms with Gasteiger partial charge in [-0.25, -0.2) is 0 Å². The predicted molar refractivity (Wildman–Crippen MR) is 78.6 cm³/mol. The molecule has 4 heteroatoms. The zero-order valence-electron chi connectivity index (χ0n) is 8.18. The maximum atomic E-state index is 6.21. The molecule has 0 saturated heterocycles. The average molecular weight is 285 g/mol. The van der Waals surface area contributed by atoms with E-state index in [-0.39, 0.29) is 0 Å². The van der Waals surface area contributed by atoms with E-state index in [1.807, 2.05) is 36.4 Å². The van der Waals surface area contributed by atoms with E-state index in [2.05, 4.69) is 37.9 Å². The summed E-state index contributed by atoms with van der Waals surface area (Å²) in [4.78, 5) is 2.50. The summed E-state index contributed by atoms with van der Waals surface area (Å²) in [6, 6.07) is 11.5. The second kappa shape index (κ2) is 4.96.